The largest absolute Gasteiger partial charge is 0.336 e. The first-order chi connectivity index (χ1) is 14.8. The van der Waals surface area contributed by atoms with Crippen LogP contribution in [0, 0.1) is 0 Å². The van der Waals surface area contributed by atoms with Gasteiger partial charge < -0.3 is 5.32 Å². The third-order valence-electron chi connectivity index (χ3n) is 6.12. The van der Waals surface area contributed by atoms with Crippen molar-refractivity contribution in [2.45, 2.75) is 75.2 Å². The first-order valence-electron chi connectivity index (χ1n) is 11.1. The number of carbonyl (C=O) groups excluding carboxylic acids is 2. The molecule has 0 bridgehead atoms. The summed E-state index contributed by atoms with van der Waals surface area (Å²) in [6.45, 7) is 9.38. The SMILES string of the molecule is CC(Sc1nnc(-c2ccc(C(C)(C)C)cc2)n1C1CCCC1)C(=O)N1CCNC1=O. The van der Waals surface area contributed by atoms with Gasteiger partial charge in [0.25, 0.3) is 0 Å². The fraction of sp³-hybridized carbons (Fsp3) is 0.565. The summed E-state index contributed by atoms with van der Waals surface area (Å²) in [6, 6.07) is 8.59. The topological polar surface area (TPSA) is 80.1 Å². The number of urea groups is 1. The highest BCUT2D eigenvalue weighted by molar-refractivity contribution is 8.00. The zero-order valence-corrected chi connectivity index (χ0v) is 19.5. The average Bonchev–Trinajstić information content (AvgIpc) is 3.47. The molecule has 2 heterocycles. The maximum absolute atomic E-state index is 12.8. The van der Waals surface area contributed by atoms with E-state index in [4.69, 9.17) is 0 Å². The molecule has 1 N–H and O–H groups in total. The molecule has 7 nitrogen and oxygen atoms in total. The molecule has 1 saturated carbocycles. The molecule has 31 heavy (non-hydrogen) atoms. The summed E-state index contributed by atoms with van der Waals surface area (Å²) in [5.41, 5.74) is 2.41. The third kappa shape index (κ3) is 4.49. The standard InChI is InChI=1S/C23H31N5O2S/c1-15(20(29)27-14-13-24-21(27)30)31-22-26-25-19(28(22)18-7-5-6-8-18)16-9-11-17(12-10-16)23(2,3)4/h9-12,15,18H,5-8,13-14H2,1-4H3,(H,24,30). The molecule has 2 fully saturated rings. The average molecular weight is 442 g/mol. The minimum Gasteiger partial charge on any atom is -0.336 e. The molecule has 1 aliphatic heterocycles. The van der Waals surface area contributed by atoms with E-state index in [2.05, 4.69) is 65.1 Å². The Labute approximate surface area is 188 Å². The van der Waals surface area contributed by atoms with Crippen molar-refractivity contribution in [2.75, 3.05) is 13.1 Å². The molecule has 1 unspecified atom stereocenters. The summed E-state index contributed by atoms with van der Waals surface area (Å²) < 4.78 is 2.22. The molecule has 0 radical (unpaired) electrons. The number of amides is 3. The zero-order valence-electron chi connectivity index (χ0n) is 18.7. The Balaban J connectivity index is 1.62. The summed E-state index contributed by atoms with van der Waals surface area (Å²) in [7, 11) is 0. The van der Waals surface area contributed by atoms with Gasteiger partial charge in [0.15, 0.2) is 11.0 Å². The zero-order chi connectivity index (χ0) is 22.2. The van der Waals surface area contributed by atoms with Crippen molar-refractivity contribution >= 4 is 23.7 Å². The fourth-order valence-corrected chi connectivity index (χ4v) is 5.26. The van der Waals surface area contributed by atoms with Gasteiger partial charge in [-0.15, -0.1) is 10.2 Å². The number of hydrogen-bond donors (Lipinski definition) is 1. The first-order valence-corrected chi connectivity index (χ1v) is 12.0. The highest BCUT2D eigenvalue weighted by atomic mass is 32.2. The van der Waals surface area contributed by atoms with Gasteiger partial charge in [0.05, 0.1) is 5.25 Å². The van der Waals surface area contributed by atoms with Crippen molar-refractivity contribution in [3.63, 3.8) is 0 Å². The molecule has 3 amide bonds. The van der Waals surface area contributed by atoms with Crippen LogP contribution in [0.15, 0.2) is 29.4 Å². The van der Waals surface area contributed by atoms with Crippen LogP contribution in [0.2, 0.25) is 0 Å². The summed E-state index contributed by atoms with van der Waals surface area (Å²) in [5, 5.41) is 12.0. The monoisotopic (exact) mass is 441 g/mol. The van der Waals surface area contributed by atoms with Crippen LogP contribution >= 0.6 is 11.8 Å². The molecule has 4 rings (SSSR count). The van der Waals surface area contributed by atoms with Crippen LogP contribution in [-0.2, 0) is 10.2 Å². The van der Waals surface area contributed by atoms with Crippen molar-refractivity contribution < 1.29 is 9.59 Å². The predicted octanol–water partition coefficient (Wildman–Crippen LogP) is 4.39. The number of nitrogens with zero attached hydrogens (tertiary/aromatic N) is 4. The molecular formula is C23H31N5O2S. The number of carbonyl (C=O) groups is 2. The Morgan fingerprint density at radius 1 is 1.16 bits per heavy atom. The first kappa shape index (κ1) is 21.9. The molecule has 2 aliphatic rings. The van der Waals surface area contributed by atoms with Gasteiger partial charge in [-0.3, -0.25) is 14.3 Å². The predicted molar refractivity (Wildman–Crippen MR) is 122 cm³/mol. The lowest BCUT2D eigenvalue weighted by molar-refractivity contribution is -0.126. The van der Waals surface area contributed by atoms with E-state index < -0.39 is 5.25 Å². The van der Waals surface area contributed by atoms with Gasteiger partial charge in [-0.2, -0.15) is 0 Å². The van der Waals surface area contributed by atoms with Crippen molar-refractivity contribution in [1.29, 1.82) is 0 Å². The Bertz CT molecular complexity index is 957. The highest BCUT2D eigenvalue weighted by Crippen LogP contribution is 2.38. The number of rotatable bonds is 5. The molecule has 1 saturated heterocycles. The van der Waals surface area contributed by atoms with Crippen LogP contribution in [-0.4, -0.2) is 49.9 Å². The quantitative estimate of drug-likeness (QED) is 0.696. The molecule has 166 valence electrons. The van der Waals surface area contributed by atoms with Gasteiger partial charge in [-0.25, -0.2) is 4.79 Å². The number of thioether (sulfide) groups is 1. The number of imide groups is 1. The Morgan fingerprint density at radius 3 is 2.42 bits per heavy atom. The summed E-state index contributed by atoms with van der Waals surface area (Å²) >= 11 is 1.40. The van der Waals surface area contributed by atoms with Gasteiger partial charge in [0.1, 0.15) is 0 Å². The van der Waals surface area contributed by atoms with E-state index in [-0.39, 0.29) is 17.4 Å². The second-order valence-corrected chi connectivity index (χ2v) is 10.7. The van der Waals surface area contributed by atoms with E-state index in [1.807, 2.05) is 6.92 Å². The Morgan fingerprint density at radius 2 is 1.84 bits per heavy atom. The van der Waals surface area contributed by atoms with Gasteiger partial charge in [-0.1, -0.05) is 69.6 Å². The molecule has 8 heteroatoms. The van der Waals surface area contributed by atoms with Crippen molar-refractivity contribution in [2.24, 2.45) is 0 Å². The van der Waals surface area contributed by atoms with Crippen molar-refractivity contribution in [3.05, 3.63) is 29.8 Å². The lowest BCUT2D eigenvalue weighted by Crippen LogP contribution is -2.39. The number of benzene rings is 1. The highest BCUT2D eigenvalue weighted by Gasteiger charge is 2.32. The van der Waals surface area contributed by atoms with E-state index in [1.54, 1.807) is 0 Å². The third-order valence-corrected chi connectivity index (χ3v) is 7.16. The summed E-state index contributed by atoms with van der Waals surface area (Å²) in [5.74, 6) is 0.672. The van der Waals surface area contributed by atoms with Crippen molar-refractivity contribution in [1.82, 2.24) is 25.0 Å². The van der Waals surface area contributed by atoms with Crippen LogP contribution in [0.5, 0.6) is 0 Å². The number of aromatic nitrogens is 3. The van der Waals surface area contributed by atoms with E-state index >= 15 is 0 Å². The van der Waals surface area contributed by atoms with Crippen LogP contribution in [0.25, 0.3) is 11.4 Å². The maximum Gasteiger partial charge on any atom is 0.324 e. The maximum atomic E-state index is 12.8. The van der Waals surface area contributed by atoms with Crippen LogP contribution in [0.1, 0.15) is 65.0 Å². The summed E-state index contributed by atoms with van der Waals surface area (Å²) in [4.78, 5) is 26.0. The molecule has 2 aromatic rings. The Hall–Kier alpha value is -2.35. The van der Waals surface area contributed by atoms with Crippen LogP contribution in [0.4, 0.5) is 4.79 Å². The molecule has 0 spiro atoms. The number of nitrogens with one attached hydrogen (secondary N) is 1. The molecule has 1 aliphatic carbocycles. The van der Waals surface area contributed by atoms with E-state index in [0.717, 1.165) is 29.4 Å². The van der Waals surface area contributed by atoms with E-state index in [9.17, 15) is 9.59 Å². The minimum absolute atomic E-state index is 0.0936. The molecule has 1 atom stereocenters. The normalized spacial score (nSPS) is 18.5. The van der Waals surface area contributed by atoms with Gasteiger partial charge in [0, 0.05) is 24.7 Å². The smallest absolute Gasteiger partial charge is 0.324 e. The molecular weight excluding hydrogens is 410 g/mol. The number of hydrogen-bond acceptors (Lipinski definition) is 5. The van der Waals surface area contributed by atoms with E-state index in [0.29, 0.717) is 19.1 Å². The lowest BCUT2D eigenvalue weighted by atomic mass is 9.86. The second-order valence-electron chi connectivity index (χ2n) is 9.42. The summed E-state index contributed by atoms with van der Waals surface area (Å²) in [6.07, 6.45) is 4.57. The van der Waals surface area contributed by atoms with Gasteiger partial charge >= 0.3 is 6.03 Å². The molecule has 1 aromatic heterocycles. The fourth-order valence-electron chi connectivity index (χ4n) is 4.28. The van der Waals surface area contributed by atoms with Crippen LogP contribution < -0.4 is 5.32 Å². The lowest BCUT2D eigenvalue weighted by Gasteiger charge is -2.21. The van der Waals surface area contributed by atoms with Gasteiger partial charge in [-0.05, 0) is 30.7 Å². The molecule has 1 aromatic carbocycles. The van der Waals surface area contributed by atoms with Crippen LogP contribution in [0.3, 0.4) is 0 Å². The minimum atomic E-state index is -0.413. The van der Waals surface area contributed by atoms with E-state index in [1.165, 1.54) is 35.1 Å². The Kier molecular flexibility index (Phi) is 6.10. The van der Waals surface area contributed by atoms with Gasteiger partial charge in [0.2, 0.25) is 5.91 Å². The second kappa shape index (κ2) is 8.65. The van der Waals surface area contributed by atoms with Crippen molar-refractivity contribution in [3.8, 4) is 11.4 Å².